The Morgan fingerprint density at radius 2 is 1.95 bits per heavy atom. The minimum atomic E-state index is -0.553. The Bertz CT molecular complexity index is 668. The van der Waals surface area contributed by atoms with Crippen molar-refractivity contribution in [3.05, 3.63) is 69.8 Å². The molecule has 0 aliphatic rings. The monoisotopic (exact) mass is 284 g/mol. The molecule has 1 amide bonds. The number of nitrogens with zero attached hydrogens (tertiary/aromatic N) is 1. The van der Waals surface area contributed by atoms with E-state index in [2.05, 4.69) is 12.2 Å². The molecule has 0 spiro atoms. The Labute approximate surface area is 122 Å². The van der Waals surface area contributed by atoms with Gasteiger partial charge in [-0.25, -0.2) is 0 Å². The van der Waals surface area contributed by atoms with E-state index in [0.717, 1.165) is 18.4 Å². The van der Waals surface area contributed by atoms with Crippen LogP contribution in [0.15, 0.2) is 48.5 Å². The predicted molar refractivity (Wildman–Crippen MR) is 81.5 cm³/mol. The molecule has 0 unspecified atom stereocenters. The molecule has 0 fully saturated rings. The van der Waals surface area contributed by atoms with Gasteiger partial charge in [0.05, 0.1) is 4.92 Å². The van der Waals surface area contributed by atoms with E-state index in [1.54, 1.807) is 12.1 Å². The number of carbonyl (C=O) groups is 1. The first-order valence-corrected chi connectivity index (χ1v) is 6.75. The number of aryl methyl sites for hydroxylation is 1. The van der Waals surface area contributed by atoms with Crippen LogP contribution in [0.5, 0.6) is 0 Å². The second-order valence-corrected chi connectivity index (χ2v) is 4.68. The molecule has 0 saturated heterocycles. The van der Waals surface area contributed by atoms with E-state index in [1.807, 2.05) is 18.2 Å². The smallest absolute Gasteiger partial charge is 0.282 e. The molecule has 0 atom stereocenters. The molecule has 5 heteroatoms. The van der Waals surface area contributed by atoms with Crippen molar-refractivity contribution >= 4 is 17.3 Å². The summed E-state index contributed by atoms with van der Waals surface area (Å²) in [6.07, 6.45) is 1.94. The van der Waals surface area contributed by atoms with Gasteiger partial charge in [0.2, 0.25) is 0 Å². The first-order valence-electron chi connectivity index (χ1n) is 6.75. The van der Waals surface area contributed by atoms with Crippen LogP contribution in [-0.4, -0.2) is 10.8 Å². The Kier molecular flexibility index (Phi) is 4.66. The van der Waals surface area contributed by atoms with Crippen molar-refractivity contribution in [2.75, 3.05) is 5.32 Å². The average Bonchev–Trinajstić information content (AvgIpc) is 2.48. The van der Waals surface area contributed by atoms with Gasteiger partial charge in [-0.05, 0) is 30.2 Å². The van der Waals surface area contributed by atoms with Gasteiger partial charge in [0.25, 0.3) is 11.6 Å². The Balaban J connectivity index is 2.22. The maximum absolute atomic E-state index is 12.2. The highest BCUT2D eigenvalue weighted by Crippen LogP contribution is 2.20. The van der Waals surface area contributed by atoms with E-state index in [9.17, 15) is 14.9 Å². The maximum atomic E-state index is 12.2. The van der Waals surface area contributed by atoms with Crippen LogP contribution in [0.4, 0.5) is 11.4 Å². The van der Waals surface area contributed by atoms with Crippen molar-refractivity contribution in [3.63, 3.8) is 0 Å². The largest absolute Gasteiger partial charge is 0.322 e. The fourth-order valence-electron chi connectivity index (χ4n) is 2.12. The molecule has 2 aromatic rings. The van der Waals surface area contributed by atoms with Crippen LogP contribution in [0.1, 0.15) is 29.3 Å². The summed E-state index contributed by atoms with van der Waals surface area (Å²) in [4.78, 5) is 22.6. The van der Waals surface area contributed by atoms with Crippen molar-refractivity contribution in [1.29, 1.82) is 0 Å². The summed E-state index contributed by atoms with van der Waals surface area (Å²) in [7, 11) is 0. The van der Waals surface area contributed by atoms with Crippen molar-refractivity contribution in [1.82, 2.24) is 0 Å². The van der Waals surface area contributed by atoms with E-state index in [-0.39, 0.29) is 11.3 Å². The number of hydrogen-bond donors (Lipinski definition) is 1. The standard InChI is InChI=1S/C16H16N2O3/c1-2-6-12-7-5-8-13(11-12)17-16(19)14-9-3-4-10-15(14)18(20)21/h3-5,7-11H,2,6H2,1H3,(H,17,19). The molecule has 2 aromatic carbocycles. The lowest BCUT2D eigenvalue weighted by Crippen LogP contribution is -2.14. The molecular formula is C16H16N2O3. The van der Waals surface area contributed by atoms with Crippen LogP contribution in [0.25, 0.3) is 0 Å². The zero-order valence-electron chi connectivity index (χ0n) is 11.7. The van der Waals surface area contributed by atoms with Crippen LogP contribution in [0.2, 0.25) is 0 Å². The van der Waals surface area contributed by atoms with Gasteiger partial charge in [-0.15, -0.1) is 0 Å². The van der Waals surface area contributed by atoms with Gasteiger partial charge >= 0.3 is 0 Å². The average molecular weight is 284 g/mol. The topological polar surface area (TPSA) is 72.2 Å². The molecule has 108 valence electrons. The van der Waals surface area contributed by atoms with E-state index in [0.29, 0.717) is 5.69 Å². The van der Waals surface area contributed by atoms with E-state index >= 15 is 0 Å². The highest BCUT2D eigenvalue weighted by Gasteiger charge is 2.19. The summed E-state index contributed by atoms with van der Waals surface area (Å²) in [5.74, 6) is -0.476. The third-order valence-electron chi connectivity index (χ3n) is 3.07. The first-order chi connectivity index (χ1) is 10.1. The molecule has 0 radical (unpaired) electrons. The number of para-hydroxylation sites is 1. The molecule has 1 N–H and O–H groups in total. The number of nitro groups is 1. The van der Waals surface area contributed by atoms with Crippen molar-refractivity contribution in [3.8, 4) is 0 Å². The minimum absolute atomic E-state index is 0.0587. The molecule has 0 bridgehead atoms. The van der Waals surface area contributed by atoms with Crippen LogP contribution in [0, 0.1) is 10.1 Å². The van der Waals surface area contributed by atoms with E-state index in [1.165, 1.54) is 18.2 Å². The van der Waals surface area contributed by atoms with Crippen molar-refractivity contribution < 1.29 is 9.72 Å². The van der Waals surface area contributed by atoms with Gasteiger partial charge in [-0.3, -0.25) is 14.9 Å². The van der Waals surface area contributed by atoms with Crippen LogP contribution >= 0.6 is 0 Å². The molecule has 21 heavy (non-hydrogen) atoms. The third kappa shape index (κ3) is 3.66. The van der Waals surface area contributed by atoms with Gasteiger partial charge in [0, 0.05) is 11.8 Å². The lowest BCUT2D eigenvalue weighted by Gasteiger charge is -2.07. The highest BCUT2D eigenvalue weighted by atomic mass is 16.6. The summed E-state index contributed by atoms with van der Waals surface area (Å²) in [6.45, 7) is 2.08. The molecule has 0 aliphatic heterocycles. The van der Waals surface area contributed by atoms with E-state index < -0.39 is 10.8 Å². The minimum Gasteiger partial charge on any atom is -0.322 e. The highest BCUT2D eigenvalue weighted by molar-refractivity contribution is 6.07. The number of benzene rings is 2. The van der Waals surface area contributed by atoms with Gasteiger partial charge in [0.15, 0.2) is 0 Å². The fourth-order valence-corrected chi connectivity index (χ4v) is 2.12. The van der Waals surface area contributed by atoms with Gasteiger partial charge in [0.1, 0.15) is 5.56 Å². The summed E-state index contributed by atoms with van der Waals surface area (Å²) >= 11 is 0. The third-order valence-corrected chi connectivity index (χ3v) is 3.07. The number of anilines is 1. The molecule has 0 heterocycles. The summed E-state index contributed by atoms with van der Waals surface area (Å²) in [5, 5.41) is 13.7. The molecule has 0 aliphatic carbocycles. The SMILES string of the molecule is CCCc1cccc(NC(=O)c2ccccc2[N+](=O)[O-])c1. The molecular weight excluding hydrogens is 268 g/mol. The Hall–Kier alpha value is -2.69. The number of hydrogen-bond acceptors (Lipinski definition) is 3. The van der Waals surface area contributed by atoms with Crippen LogP contribution in [0.3, 0.4) is 0 Å². The van der Waals surface area contributed by atoms with Crippen LogP contribution < -0.4 is 5.32 Å². The summed E-state index contributed by atoms with van der Waals surface area (Å²) < 4.78 is 0. The predicted octanol–water partition coefficient (Wildman–Crippen LogP) is 3.80. The first kappa shape index (κ1) is 14.7. The van der Waals surface area contributed by atoms with Crippen molar-refractivity contribution in [2.45, 2.75) is 19.8 Å². The second-order valence-electron chi connectivity index (χ2n) is 4.68. The Morgan fingerprint density at radius 1 is 1.19 bits per heavy atom. The Morgan fingerprint density at radius 3 is 2.67 bits per heavy atom. The maximum Gasteiger partial charge on any atom is 0.282 e. The fraction of sp³-hybridized carbons (Fsp3) is 0.188. The van der Waals surface area contributed by atoms with Gasteiger partial charge in [-0.1, -0.05) is 37.6 Å². The second kappa shape index (κ2) is 6.65. The zero-order chi connectivity index (χ0) is 15.2. The molecule has 2 rings (SSSR count). The molecule has 0 saturated carbocycles. The number of rotatable bonds is 5. The zero-order valence-corrected chi connectivity index (χ0v) is 11.7. The quantitative estimate of drug-likeness (QED) is 0.670. The number of amides is 1. The number of carbonyl (C=O) groups excluding carboxylic acids is 1. The lowest BCUT2D eigenvalue weighted by atomic mass is 10.1. The summed E-state index contributed by atoms with van der Waals surface area (Å²) in [5.41, 5.74) is 1.63. The van der Waals surface area contributed by atoms with Gasteiger partial charge in [-0.2, -0.15) is 0 Å². The lowest BCUT2D eigenvalue weighted by molar-refractivity contribution is -0.385. The van der Waals surface area contributed by atoms with Crippen molar-refractivity contribution in [2.24, 2.45) is 0 Å². The van der Waals surface area contributed by atoms with Gasteiger partial charge < -0.3 is 5.32 Å². The summed E-state index contributed by atoms with van der Waals surface area (Å²) in [6, 6.07) is 13.4. The van der Waals surface area contributed by atoms with Crippen LogP contribution in [-0.2, 0) is 6.42 Å². The molecule has 0 aromatic heterocycles. The number of nitro benzene ring substituents is 1. The normalized spacial score (nSPS) is 10.1. The van der Waals surface area contributed by atoms with E-state index in [4.69, 9.17) is 0 Å². The molecule has 5 nitrogen and oxygen atoms in total. The number of nitrogens with one attached hydrogen (secondary N) is 1.